The van der Waals surface area contributed by atoms with E-state index in [1.165, 1.54) is 39.0 Å². The number of amides is 2. The van der Waals surface area contributed by atoms with E-state index in [1.54, 1.807) is 25.2 Å². The fourth-order valence-electron chi connectivity index (χ4n) is 3.93. The summed E-state index contributed by atoms with van der Waals surface area (Å²) in [7, 11) is 1.54. The van der Waals surface area contributed by atoms with Gasteiger partial charge in [0.05, 0.1) is 37.5 Å². The van der Waals surface area contributed by atoms with Crippen LogP contribution in [-0.4, -0.2) is 59.2 Å². The molecular weight excluding hydrogens is 496 g/mol. The third-order valence-electron chi connectivity index (χ3n) is 5.89. The fraction of sp³-hybridized carbons (Fsp3) is 0.333. The van der Waals surface area contributed by atoms with Crippen molar-refractivity contribution in [1.29, 1.82) is 0 Å². The lowest BCUT2D eigenvalue weighted by Gasteiger charge is -2.22. The van der Waals surface area contributed by atoms with E-state index in [4.69, 9.17) is 10.5 Å². The average Bonchev–Trinajstić information content (AvgIpc) is 3.44. The third kappa shape index (κ3) is 5.98. The van der Waals surface area contributed by atoms with Crippen LogP contribution in [0.2, 0.25) is 0 Å². The number of halogens is 4. The Kier molecular flexibility index (Phi) is 7.32. The second kappa shape index (κ2) is 10.4. The Morgan fingerprint density at radius 3 is 2.57 bits per heavy atom. The number of carbonyl (C=O) groups is 2. The molecule has 9 nitrogen and oxygen atoms in total. The molecule has 0 unspecified atom stereocenters. The molecule has 0 atom stereocenters. The van der Waals surface area contributed by atoms with Crippen LogP contribution in [0.1, 0.15) is 29.0 Å². The SMILES string of the molecule is CN1C(=O)CCOc2cc(N3CCC(F)(F)C3)c(F)cc21.NC(=O)c1ncn(Cc2ccccc2F)n1. The highest BCUT2D eigenvalue weighted by Crippen LogP contribution is 2.39. The first kappa shape index (κ1) is 25.9. The lowest BCUT2D eigenvalue weighted by atomic mass is 10.2. The van der Waals surface area contributed by atoms with Crippen molar-refractivity contribution in [3.63, 3.8) is 0 Å². The smallest absolute Gasteiger partial charge is 0.288 e. The van der Waals surface area contributed by atoms with E-state index < -0.39 is 24.2 Å². The molecule has 5 rings (SSSR count). The second-order valence-corrected chi connectivity index (χ2v) is 8.57. The topological polar surface area (TPSA) is 107 Å². The standard InChI is InChI=1S/C14H15F3N2O2.C10H9FN4O/c1-18-11-6-9(15)10(19-4-3-14(16,17)8-19)7-12(11)21-5-2-13(18)20;11-8-4-2-1-3-7(8)5-15-6-13-10(14-15)9(12)16/h6-7H,2-5,8H2,1H3;1-4,6H,5H2,(H2,12,16). The number of nitrogens with two attached hydrogens (primary N) is 1. The van der Waals surface area contributed by atoms with E-state index >= 15 is 0 Å². The largest absolute Gasteiger partial charge is 0.491 e. The minimum atomic E-state index is -2.80. The summed E-state index contributed by atoms with van der Waals surface area (Å²) in [5.41, 5.74) is 5.89. The lowest BCUT2D eigenvalue weighted by molar-refractivity contribution is -0.118. The van der Waals surface area contributed by atoms with Gasteiger partial charge in [-0.05, 0) is 6.07 Å². The minimum Gasteiger partial charge on any atom is -0.491 e. The summed E-state index contributed by atoms with van der Waals surface area (Å²) in [4.78, 5) is 28.8. The number of benzene rings is 2. The number of rotatable bonds is 4. The van der Waals surface area contributed by atoms with Crippen molar-refractivity contribution in [3.8, 4) is 5.75 Å². The minimum absolute atomic E-state index is 0.0728. The Morgan fingerprint density at radius 1 is 1.16 bits per heavy atom. The first-order chi connectivity index (χ1) is 17.5. The zero-order valence-corrected chi connectivity index (χ0v) is 19.8. The number of aromatic nitrogens is 3. The molecule has 13 heteroatoms. The molecule has 1 saturated heterocycles. The van der Waals surface area contributed by atoms with Crippen LogP contribution in [0.5, 0.6) is 5.75 Å². The van der Waals surface area contributed by atoms with Crippen molar-refractivity contribution in [1.82, 2.24) is 14.8 Å². The molecule has 2 aliphatic heterocycles. The van der Waals surface area contributed by atoms with Gasteiger partial charge in [0.15, 0.2) is 0 Å². The maximum absolute atomic E-state index is 14.2. The maximum Gasteiger partial charge on any atom is 0.288 e. The quantitative estimate of drug-likeness (QED) is 0.531. The van der Waals surface area contributed by atoms with E-state index in [9.17, 15) is 27.2 Å². The van der Waals surface area contributed by atoms with Crippen molar-refractivity contribution >= 4 is 23.2 Å². The number of ether oxygens (including phenoxy) is 1. The molecule has 3 aromatic rings. The highest BCUT2D eigenvalue weighted by atomic mass is 19.3. The summed E-state index contributed by atoms with van der Waals surface area (Å²) in [6.07, 6.45) is 1.25. The van der Waals surface area contributed by atoms with Crippen LogP contribution in [0, 0.1) is 11.6 Å². The number of nitrogens with zero attached hydrogens (tertiary/aromatic N) is 5. The van der Waals surface area contributed by atoms with Crippen LogP contribution in [-0.2, 0) is 11.3 Å². The molecule has 2 aromatic carbocycles. The zero-order valence-electron chi connectivity index (χ0n) is 19.8. The van der Waals surface area contributed by atoms with E-state index in [1.807, 2.05) is 0 Å². The number of carbonyl (C=O) groups excluding carboxylic acids is 2. The van der Waals surface area contributed by atoms with Gasteiger partial charge in [-0.1, -0.05) is 18.2 Å². The highest BCUT2D eigenvalue weighted by molar-refractivity contribution is 5.95. The normalized spacial score (nSPS) is 16.4. The Bertz CT molecular complexity index is 1320. The molecule has 196 valence electrons. The number of alkyl halides is 2. The number of hydrogen-bond acceptors (Lipinski definition) is 6. The Hall–Kier alpha value is -4.16. The van der Waals surface area contributed by atoms with Crippen LogP contribution in [0.15, 0.2) is 42.7 Å². The van der Waals surface area contributed by atoms with Crippen molar-refractivity contribution in [2.45, 2.75) is 25.3 Å². The van der Waals surface area contributed by atoms with Gasteiger partial charge in [0.25, 0.3) is 11.8 Å². The number of fused-ring (bicyclic) bond motifs is 1. The summed E-state index contributed by atoms with van der Waals surface area (Å²) in [5.74, 6) is -4.35. The average molecular weight is 520 g/mol. The maximum atomic E-state index is 14.2. The molecule has 2 aliphatic rings. The molecule has 2 amide bonds. The Morgan fingerprint density at radius 2 is 1.92 bits per heavy atom. The third-order valence-corrected chi connectivity index (χ3v) is 5.89. The van der Waals surface area contributed by atoms with E-state index in [0.29, 0.717) is 17.0 Å². The van der Waals surface area contributed by atoms with Gasteiger partial charge < -0.3 is 20.3 Å². The highest BCUT2D eigenvalue weighted by Gasteiger charge is 2.39. The first-order valence-corrected chi connectivity index (χ1v) is 11.3. The number of primary amides is 1. The summed E-state index contributed by atoms with van der Waals surface area (Å²) < 4.78 is 60.9. The van der Waals surface area contributed by atoms with Gasteiger partial charge in [0, 0.05) is 37.7 Å². The van der Waals surface area contributed by atoms with E-state index in [2.05, 4.69) is 10.1 Å². The molecule has 1 aromatic heterocycles. The molecule has 1 fully saturated rings. The van der Waals surface area contributed by atoms with E-state index in [-0.39, 0.29) is 55.8 Å². The van der Waals surface area contributed by atoms with Crippen molar-refractivity contribution in [2.75, 3.05) is 36.5 Å². The zero-order chi connectivity index (χ0) is 26.7. The molecule has 37 heavy (non-hydrogen) atoms. The van der Waals surface area contributed by atoms with Crippen molar-refractivity contribution in [2.24, 2.45) is 5.73 Å². The van der Waals surface area contributed by atoms with Crippen LogP contribution in [0.4, 0.5) is 28.9 Å². The summed E-state index contributed by atoms with van der Waals surface area (Å²) in [5, 5.41) is 3.81. The molecule has 0 bridgehead atoms. The predicted octanol–water partition coefficient (Wildman–Crippen LogP) is 2.98. The van der Waals surface area contributed by atoms with Gasteiger partial charge in [0.1, 0.15) is 23.7 Å². The fourth-order valence-corrected chi connectivity index (χ4v) is 3.93. The molecule has 0 radical (unpaired) electrons. The van der Waals surface area contributed by atoms with E-state index in [0.717, 1.165) is 0 Å². The van der Waals surface area contributed by atoms with Gasteiger partial charge in [-0.15, -0.1) is 5.10 Å². The van der Waals surface area contributed by atoms with Gasteiger partial charge in [-0.25, -0.2) is 27.2 Å². The van der Waals surface area contributed by atoms with Crippen molar-refractivity contribution < 1.29 is 31.9 Å². The predicted molar refractivity (Wildman–Crippen MR) is 126 cm³/mol. The van der Waals surface area contributed by atoms with Crippen molar-refractivity contribution in [3.05, 3.63) is 65.7 Å². The van der Waals surface area contributed by atoms with Gasteiger partial charge in [0.2, 0.25) is 11.7 Å². The van der Waals surface area contributed by atoms with Crippen LogP contribution >= 0.6 is 0 Å². The molecule has 2 N–H and O–H groups in total. The number of anilines is 2. The monoisotopic (exact) mass is 520 g/mol. The number of hydrogen-bond donors (Lipinski definition) is 1. The van der Waals surface area contributed by atoms with Crippen LogP contribution in [0.25, 0.3) is 0 Å². The summed E-state index contributed by atoms with van der Waals surface area (Å²) in [6, 6.07) is 8.91. The van der Waals surface area contributed by atoms with Crippen LogP contribution < -0.4 is 20.3 Å². The Balaban J connectivity index is 0.000000180. The summed E-state index contributed by atoms with van der Waals surface area (Å²) >= 11 is 0. The molecular formula is C24H24F4N6O3. The second-order valence-electron chi connectivity index (χ2n) is 8.57. The lowest BCUT2D eigenvalue weighted by Crippen LogP contribution is -2.27. The molecule has 0 aliphatic carbocycles. The van der Waals surface area contributed by atoms with Crippen LogP contribution in [0.3, 0.4) is 0 Å². The van der Waals surface area contributed by atoms with Gasteiger partial charge >= 0.3 is 0 Å². The summed E-state index contributed by atoms with van der Waals surface area (Å²) in [6.45, 7) is -0.000683. The molecule has 0 saturated carbocycles. The Labute approximate surface area is 209 Å². The van der Waals surface area contributed by atoms with Gasteiger partial charge in [-0.2, -0.15) is 0 Å². The molecule has 3 heterocycles. The molecule has 0 spiro atoms. The van der Waals surface area contributed by atoms with Gasteiger partial charge in [-0.3, -0.25) is 9.59 Å². The first-order valence-electron chi connectivity index (χ1n) is 11.3.